The molecule has 0 unspecified atom stereocenters. The molecule has 2 aromatic carbocycles. The third-order valence-electron chi connectivity index (χ3n) is 2.49. The number of phenolic OH excluding ortho intramolecular Hbond substituents is 2. The van der Waals surface area contributed by atoms with Crippen molar-refractivity contribution in [1.82, 2.24) is 0 Å². The zero-order valence-electron chi connectivity index (χ0n) is 8.82. The average molecular weight is 269 g/mol. The molecule has 0 amide bonds. The summed E-state index contributed by atoms with van der Waals surface area (Å²) in [6, 6.07) is 9.87. The molecule has 2 N–H and O–H groups in total. The zero-order chi connectivity index (χ0) is 12.4. The maximum Gasteiger partial charge on any atom is 0.122 e. The van der Waals surface area contributed by atoms with Crippen LogP contribution >= 0.6 is 23.2 Å². The first-order valence-corrected chi connectivity index (χ1v) is 5.77. The summed E-state index contributed by atoms with van der Waals surface area (Å²) in [7, 11) is 0. The van der Waals surface area contributed by atoms with Gasteiger partial charge < -0.3 is 10.2 Å². The van der Waals surface area contributed by atoms with E-state index < -0.39 is 0 Å². The SMILES string of the molecule is Oc1cccc(O)c1Cc1ccc(Cl)c(Cl)c1. The lowest BCUT2D eigenvalue weighted by atomic mass is 10.0. The van der Waals surface area contributed by atoms with Crippen LogP contribution in [-0.4, -0.2) is 10.2 Å². The first-order chi connectivity index (χ1) is 8.08. The molecule has 0 bridgehead atoms. The summed E-state index contributed by atoms with van der Waals surface area (Å²) >= 11 is 11.7. The molecule has 4 heteroatoms. The second kappa shape index (κ2) is 4.86. The highest BCUT2D eigenvalue weighted by atomic mass is 35.5. The Morgan fingerprint density at radius 2 is 1.53 bits per heavy atom. The molecule has 0 spiro atoms. The van der Waals surface area contributed by atoms with Gasteiger partial charge in [0.25, 0.3) is 0 Å². The maximum absolute atomic E-state index is 9.66. The fourth-order valence-electron chi connectivity index (χ4n) is 1.60. The number of aromatic hydroxyl groups is 2. The van der Waals surface area contributed by atoms with Crippen molar-refractivity contribution in [3.63, 3.8) is 0 Å². The van der Waals surface area contributed by atoms with E-state index in [0.29, 0.717) is 22.0 Å². The van der Waals surface area contributed by atoms with E-state index in [0.717, 1.165) is 5.56 Å². The van der Waals surface area contributed by atoms with Crippen LogP contribution in [0.15, 0.2) is 36.4 Å². The molecule has 0 fully saturated rings. The summed E-state index contributed by atoms with van der Waals surface area (Å²) in [5.74, 6) is 0.132. The van der Waals surface area contributed by atoms with Crippen molar-refractivity contribution >= 4 is 23.2 Å². The zero-order valence-corrected chi connectivity index (χ0v) is 10.3. The van der Waals surface area contributed by atoms with Gasteiger partial charge in [0.2, 0.25) is 0 Å². The van der Waals surface area contributed by atoms with Crippen LogP contribution in [0.25, 0.3) is 0 Å². The van der Waals surface area contributed by atoms with Crippen molar-refractivity contribution in [1.29, 1.82) is 0 Å². The van der Waals surface area contributed by atoms with Crippen molar-refractivity contribution in [2.75, 3.05) is 0 Å². The van der Waals surface area contributed by atoms with E-state index in [1.165, 1.54) is 12.1 Å². The molecule has 88 valence electrons. The molecule has 0 aliphatic rings. The van der Waals surface area contributed by atoms with E-state index in [9.17, 15) is 10.2 Å². The van der Waals surface area contributed by atoms with Crippen LogP contribution in [0, 0.1) is 0 Å². The molecule has 0 radical (unpaired) electrons. The van der Waals surface area contributed by atoms with E-state index in [2.05, 4.69) is 0 Å². The molecule has 0 aliphatic heterocycles. The van der Waals surface area contributed by atoms with E-state index in [1.54, 1.807) is 24.3 Å². The molecule has 2 aromatic rings. The van der Waals surface area contributed by atoms with E-state index in [-0.39, 0.29) is 11.5 Å². The highest BCUT2D eigenvalue weighted by Crippen LogP contribution is 2.30. The Kier molecular flexibility index (Phi) is 3.46. The van der Waals surface area contributed by atoms with Crippen LogP contribution in [0.1, 0.15) is 11.1 Å². The van der Waals surface area contributed by atoms with Crippen molar-refractivity contribution in [2.45, 2.75) is 6.42 Å². The van der Waals surface area contributed by atoms with Crippen LogP contribution in [0.2, 0.25) is 10.0 Å². The monoisotopic (exact) mass is 268 g/mol. The van der Waals surface area contributed by atoms with E-state index in [1.807, 2.05) is 0 Å². The lowest BCUT2D eigenvalue weighted by Gasteiger charge is -2.07. The number of hydrogen-bond acceptors (Lipinski definition) is 2. The topological polar surface area (TPSA) is 40.5 Å². The molecule has 0 saturated carbocycles. The van der Waals surface area contributed by atoms with Crippen molar-refractivity contribution < 1.29 is 10.2 Å². The lowest BCUT2D eigenvalue weighted by molar-refractivity contribution is 0.440. The number of benzene rings is 2. The van der Waals surface area contributed by atoms with Crippen LogP contribution in [0.3, 0.4) is 0 Å². The van der Waals surface area contributed by atoms with E-state index in [4.69, 9.17) is 23.2 Å². The highest BCUT2D eigenvalue weighted by molar-refractivity contribution is 6.42. The van der Waals surface area contributed by atoms with Gasteiger partial charge in [-0.05, 0) is 29.8 Å². The van der Waals surface area contributed by atoms with Gasteiger partial charge in [-0.2, -0.15) is 0 Å². The summed E-state index contributed by atoms with van der Waals surface area (Å²) < 4.78 is 0. The Bertz CT molecular complexity index is 533. The second-order valence-corrected chi connectivity index (χ2v) is 4.51. The summed E-state index contributed by atoms with van der Waals surface area (Å²) in [5, 5.41) is 20.3. The Morgan fingerprint density at radius 3 is 2.12 bits per heavy atom. The Balaban J connectivity index is 2.35. The predicted octanol–water partition coefficient (Wildman–Crippen LogP) is 4.00. The van der Waals surface area contributed by atoms with Crippen molar-refractivity contribution in [3.8, 4) is 11.5 Å². The van der Waals surface area contributed by atoms with Gasteiger partial charge in [0.1, 0.15) is 11.5 Å². The van der Waals surface area contributed by atoms with Gasteiger partial charge in [-0.1, -0.05) is 35.3 Å². The second-order valence-electron chi connectivity index (χ2n) is 3.70. The minimum Gasteiger partial charge on any atom is -0.508 e. The van der Waals surface area contributed by atoms with Gasteiger partial charge in [-0.15, -0.1) is 0 Å². The largest absolute Gasteiger partial charge is 0.508 e. The summed E-state index contributed by atoms with van der Waals surface area (Å²) in [5.41, 5.74) is 1.35. The third-order valence-corrected chi connectivity index (χ3v) is 3.23. The van der Waals surface area contributed by atoms with Gasteiger partial charge in [0.15, 0.2) is 0 Å². The molecule has 17 heavy (non-hydrogen) atoms. The van der Waals surface area contributed by atoms with E-state index >= 15 is 0 Å². The molecule has 2 nitrogen and oxygen atoms in total. The van der Waals surface area contributed by atoms with Crippen LogP contribution in [-0.2, 0) is 6.42 Å². The summed E-state index contributed by atoms with van der Waals surface area (Å²) in [4.78, 5) is 0. The molecule has 0 heterocycles. The fourth-order valence-corrected chi connectivity index (χ4v) is 1.92. The normalized spacial score (nSPS) is 10.5. The number of halogens is 2. The lowest BCUT2D eigenvalue weighted by Crippen LogP contribution is -1.90. The Labute approximate surface area is 109 Å². The quantitative estimate of drug-likeness (QED) is 0.865. The predicted molar refractivity (Wildman–Crippen MR) is 69.0 cm³/mol. The van der Waals surface area contributed by atoms with Crippen LogP contribution < -0.4 is 0 Å². The van der Waals surface area contributed by atoms with Gasteiger partial charge in [-0.3, -0.25) is 0 Å². The Hall–Kier alpha value is -1.38. The average Bonchev–Trinajstić information content (AvgIpc) is 2.28. The van der Waals surface area contributed by atoms with Crippen LogP contribution in [0.5, 0.6) is 11.5 Å². The van der Waals surface area contributed by atoms with Crippen molar-refractivity contribution in [3.05, 3.63) is 57.6 Å². The molecule has 2 rings (SSSR count). The summed E-state index contributed by atoms with van der Waals surface area (Å²) in [6.45, 7) is 0. The molecular weight excluding hydrogens is 259 g/mol. The standard InChI is InChI=1S/C13H10Cl2O2/c14-10-5-4-8(7-11(10)15)6-9-12(16)2-1-3-13(9)17/h1-5,7,16-17H,6H2. The van der Waals surface area contributed by atoms with Gasteiger partial charge in [0, 0.05) is 12.0 Å². The highest BCUT2D eigenvalue weighted by Gasteiger charge is 2.08. The molecule has 0 atom stereocenters. The minimum absolute atomic E-state index is 0.0658. The number of rotatable bonds is 2. The Morgan fingerprint density at radius 1 is 0.882 bits per heavy atom. The maximum atomic E-state index is 9.66. The molecule has 0 aliphatic carbocycles. The van der Waals surface area contributed by atoms with Gasteiger partial charge >= 0.3 is 0 Å². The summed E-state index contributed by atoms with van der Waals surface area (Å²) in [6.07, 6.45) is 0.398. The third kappa shape index (κ3) is 2.65. The van der Waals surface area contributed by atoms with Gasteiger partial charge in [0.05, 0.1) is 10.0 Å². The first kappa shape index (κ1) is 12.1. The van der Waals surface area contributed by atoms with Gasteiger partial charge in [-0.25, -0.2) is 0 Å². The number of hydrogen-bond donors (Lipinski definition) is 2. The number of phenols is 2. The fraction of sp³-hybridized carbons (Fsp3) is 0.0769. The van der Waals surface area contributed by atoms with Crippen molar-refractivity contribution in [2.24, 2.45) is 0 Å². The first-order valence-electron chi connectivity index (χ1n) is 5.01. The minimum atomic E-state index is 0.0658. The molecule has 0 saturated heterocycles. The molecule has 0 aromatic heterocycles. The van der Waals surface area contributed by atoms with Crippen LogP contribution in [0.4, 0.5) is 0 Å². The smallest absolute Gasteiger partial charge is 0.122 e. The molecular formula is C13H10Cl2O2.